The predicted molar refractivity (Wildman–Crippen MR) is 71.3 cm³/mol. The standard InChI is InChI=1S/C11H13BrN2S/c1-2-14(8-7-12)11-13-9-5-3-4-6-10(9)15-11/h3-6H,2,7-8H2,1H3. The summed E-state index contributed by atoms with van der Waals surface area (Å²) in [6, 6.07) is 8.29. The van der Waals surface area contributed by atoms with Gasteiger partial charge in [-0.2, -0.15) is 0 Å². The molecule has 0 amide bonds. The molecule has 0 spiro atoms. The van der Waals surface area contributed by atoms with Crippen molar-refractivity contribution < 1.29 is 0 Å². The Hall–Kier alpha value is -0.610. The lowest BCUT2D eigenvalue weighted by atomic mass is 10.3. The molecule has 1 heterocycles. The third kappa shape index (κ3) is 2.32. The lowest BCUT2D eigenvalue weighted by molar-refractivity contribution is 0.871. The number of alkyl halides is 1. The Kier molecular flexibility index (Phi) is 3.59. The number of anilines is 1. The minimum Gasteiger partial charge on any atom is -0.348 e. The Balaban J connectivity index is 2.34. The zero-order chi connectivity index (χ0) is 10.7. The minimum absolute atomic E-state index is 0.983. The number of fused-ring (bicyclic) bond motifs is 1. The van der Waals surface area contributed by atoms with Crippen LogP contribution >= 0.6 is 27.3 Å². The minimum atomic E-state index is 0.983. The van der Waals surface area contributed by atoms with Crippen molar-refractivity contribution in [1.29, 1.82) is 0 Å². The van der Waals surface area contributed by atoms with Gasteiger partial charge in [-0.15, -0.1) is 0 Å². The van der Waals surface area contributed by atoms with E-state index < -0.39 is 0 Å². The fourth-order valence-corrected chi connectivity index (χ4v) is 2.97. The van der Waals surface area contributed by atoms with E-state index in [4.69, 9.17) is 0 Å². The molecule has 0 radical (unpaired) electrons. The summed E-state index contributed by atoms with van der Waals surface area (Å²) in [5.41, 5.74) is 1.10. The van der Waals surface area contributed by atoms with E-state index in [0.717, 1.165) is 29.1 Å². The summed E-state index contributed by atoms with van der Waals surface area (Å²) >= 11 is 5.23. The molecule has 15 heavy (non-hydrogen) atoms. The van der Waals surface area contributed by atoms with Gasteiger partial charge in [-0.3, -0.25) is 0 Å². The predicted octanol–water partition coefficient (Wildman–Crippen LogP) is 3.52. The zero-order valence-corrected chi connectivity index (χ0v) is 11.0. The molecule has 0 aliphatic carbocycles. The summed E-state index contributed by atoms with van der Waals surface area (Å²) in [4.78, 5) is 6.92. The second kappa shape index (κ2) is 4.94. The molecule has 0 atom stereocenters. The molecule has 80 valence electrons. The lowest BCUT2D eigenvalue weighted by Crippen LogP contribution is -2.24. The van der Waals surface area contributed by atoms with Gasteiger partial charge < -0.3 is 4.90 Å². The van der Waals surface area contributed by atoms with Gasteiger partial charge in [0.25, 0.3) is 0 Å². The van der Waals surface area contributed by atoms with Gasteiger partial charge in [0.2, 0.25) is 0 Å². The van der Waals surface area contributed by atoms with E-state index in [1.54, 1.807) is 11.3 Å². The molecular formula is C11H13BrN2S. The SMILES string of the molecule is CCN(CCBr)c1nc2ccccc2s1. The average molecular weight is 285 g/mol. The monoisotopic (exact) mass is 284 g/mol. The smallest absolute Gasteiger partial charge is 0.186 e. The Morgan fingerprint density at radius 3 is 2.87 bits per heavy atom. The third-order valence-corrected chi connectivity index (χ3v) is 3.74. The molecular weight excluding hydrogens is 272 g/mol. The van der Waals surface area contributed by atoms with Gasteiger partial charge in [0.05, 0.1) is 10.2 Å². The van der Waals surface area contributed by atoms with E-state index in [1.807, 2.05) is 6.07 Å². The molecule has 0 N–H and O–H groups in total. The van der Waals surface area contributed by atoms with Crippen molar-refractivity contribution in [3.05, 3.63) is 24.3 Å². The van der Waals surface area contributed by atoms with E-state index in [0.29, 0.717) is 0 Å². The second-order valence-corrected chi connectivity index (χ2v) is 5.03. The summed E-state index contributed by atoms with van der Waals surface area (Å²) in [6.07, 6.45) is 0. The number of para-hydroxylation sites is 1. The van der Waals surface area contributed by atoms with E-state index in [1.165, 1.54) is 4.70 Å². The molecule has 2 aromatic rings. The second-order valence-electron chi connectivity index (χ2n) is 3.23. The first-order valence-corrected chi connectivity index (χ1v) is 6.95. The van der Waals surface area contributed by atoms with Gasteiger partial charge in [-0.05, 0) is 19.1 Å². The summed E-state index contributed by atoms with van der Waals surface area (Å²) < 4.78 is 1.26. The number of nitrogens with zero attached hydrogens (tertiary/aromatic N) is 2. The summed E-state index contributed by atoms with van der Waals surface area (Å²) in [5, 5.41) is 2.11. The Morgan fingerprint density at radius 1 is 1.40 bits per heavy atom. The number of hydrogen-bond acceptors (Lipinski definition) is 3. The van der Waals surface area contributed by atoms with Gasteiger partial charge in [0.15, 0.2) is 5.13 Å². The maximum Gasteiger partial charge on any atom is 0.186 e. The highest BCUT2D eigenvalue weighted by Gasteiger charge is 2.08. The molecule has 0 saturated heterocycles. The van der Waals surface area contributed by atoms with E-state index in [-0.39, 0.29) is 0 Å². The highest BCUT2D eigenvalue weighted by atomic mass is 79.9. The largest absolute Gasteiger partial charge is 0.348 e. The van der Waals surface area contributed by atoms with Crippen LogP contribution in [0.2, 0.25) is 0 Å². The molecule has 1 aromatic carbocycles. The van der Waals surface area contributed by atoms with Crippen molar-refractivity contribution in [2.75, 3.05) is 23.3 Å². The van der Waals surface area contributed by atoms with Crippen LogP contribution in [0.3, 0.4) is 0 Å². The maximum atomic E-state index is 4.63. The fourth-order valence-electron chi connectivity index (χ4n) is 1.49. The molecule has 0 saturated carbocycles. The van der Waals surface area contributed by atoms with Crippen molar-refractivity contribution >= 4 is 42.6 Å². The molecule has 4 heteroatoms. The highest BCUT2D eigenvalue weighted by molar-refractivity contribution is 9.09. The molecule has 0 aliphatic rings. The number of rotatable bonds is 4. The Bertz CT molecular complexity index is 408. The average Bonchev–Trinajstić information content (AvgIpc) is 2.69. The van der Waals surface area contributed by atoms with Crippen LogP contribution in [-0.2, 0) is 0 Å². The maximum absolute atomic E-state index is 4.63. The van der Waals surface area contributed by atoms with Crippen LogP contribution in [0.15, 0.2) is 24.3 Å². The first-order valence-electron chi connectivity index (χ1n) is 5.01. The molecule has 2 rings (SSSR count). The molecule has 0 unspecified atom stereocenters. The van der Waals surface area contributed by atoms with Crippen molar-refractivity contribution in [2.45, 2.75) is 6.92 Å². The lowest BCUT2D eigenvalue weighted by Gasteiger charge is -2.17. The highest BCUT2D eigenvalue weighted by Crippen LogP contribution is 2.28. The Morgan fingerprint density at radius 2 is 2.20 bits per heavy atom. The van der Waals surface area contributed by atoms with Crippen molar-refractivity contribution in [3.8, 4) is 0 Å². The number of hydrogen-bond donors (Lipinski definition) is 0. The third-order valence-electron chi connectivity index (χ3n) is 2.29. The molecule has 2 nitrogen and oxygen atoms in total. The van der Waals surface area contributed by atoms with Crippen molar-refractivity contribution in [3.63, 3.8) is 0 Å². The van der Waals surface area contributed by atoms with Crippen LogP contribution in [0.25, 0.3) is 10.2 Å². The van der Waals surface area contributed by atoms with Gasteiger partial charge in [0, 0.05) is 18.4 Å². The van der Waals surface area contributed by atoms with Gasteiger partial charge in [-0.1, -0.05) is 39.4 Å². The molecule has 0 bridgehead atoms. The van der Waals surface area contributed by atoms with E-state index >= 15 is 0 Å². The van der Waals surface area contributed by atoms with Gasteiger partial charge >= 0.3 is 0 Å². The molecule has 0 fully saturated rings. The Labute approximate surface area is 102 Å². The topological polar surface area (TPSA) is 16.1 Å². The van der Waals surface area contributed by atoms with Crippen LogP contribution in [0.1, 0.15) is 6.92 Å². The quantitative estimate of drug-likeness (QED) is 0.799. The van der Waals surface area contributed by atoms with Gasteiger partial charge in [-0.25, -0.2) is 4.98 Å². The van der Waals surface area contributed by atoms with Crippen LogP contribution in [0.5, 0.6) is 0 Å². The van der Waals surface area contributed by atoms with Crippen LogP contribution in [-0.4, -0.2) is 23.4 Å². The van der Waals surface area contributed by atoms with Crippen LogP contribution < -0.4 is 4.90 Å². The zero-order valence-electron chi connectivity index (χ0n) is 8.61. The van der Waals surface area contributed by atoms with E-state index in [2.05, 4.69) is 50.9 Å². The normalized spacial score (nSPS) is 10.8. The van der Waals surface area contributed by atoms with Crippen molar-refractivity contribution in [2.24, 2.45) is 0 Å². The molecule has 1 aromatic heterocycles. The van der Waals surface area contributed by atoms with Crippen LogP contribution in [0, 0.1) is 0 Å². The number of aromatic nitrogens is 1. The molecule has 0 aliphatic heterocycles. The van der Waals surface area contributed by atoms with Crippen molar-refractivity contribution in [1.82, 2.24) is 4.98 Å². The number of thiazole rings is 1. The van der Waals surface area contributed by atoms with Gasteiger partial charge in [0.1, 0.15) is 0 Å². The first kappa shape index (κ1) is 10.9. The summed E-state index contributed by atoms with van der Waals surface area (Å²) in [6.45, 7) is 4.18. The van der Waals surface area contributed by atoms with Crippen LogP contribution in [0.4, 0.5) is 5.13 Å². The number of benzene rings is 1. The summed E-state index contributed by atoms with van der Waals surface area (Å²) in [7, 11) is 0. The first-order chi connectivity index (χ1) is 7.35. The van der Waals surface area contributed by atoms with E-state index in [9.17, 15) is 0 Å². The number of halogens is 1. The fraction of sp³-hybridized carbons (Fsp3) is 0.364. The summed E-state index contributed by atoms with van der Waals surface area (Å²) in [5.74, 6) is 0.